The molecule has 4 rings (SSSR count). The number of aromatic nitrogens is 1. The number of nitrogens with zero attached hydrogens (tertiary/aromatic N) is 2. The molecule has 1 aliphatic carbocycles. The van der Waals surface area contributed by atoms with Gasteiger partial charge in [0.15, 0.2) is 5.13 Å². The van der Waals surface area contributed by atoms with Gasteiger partial charge in [0, 0.05) is 36.6 Å². The highest BCUT2D eigenvalue weighted by atomic mass is 32.1. The van der Waals surface area contributed by atoms with Crippen LogP contribution in [0.25, 0.3) is 5.57 Å². The van der Waals surface area contributed by atoms with E-state index in [0.29, 0.717) is 13.0 Å². The maximum atomic E-state index is 9.32. The van der Waals surface area contributed by atoms with Crippen molar-refractivity contribution in [3.05, 3.63) is 46.0 Å². The molecule has 0 spiro atoms. The van der Waals surface area contributed by atoms with Crippen molar-refractivity contribution >= 4 is 22.0 Å². The van der Waals surface area contributed by atoms with Crippen LogP contribution in [0.5, 0.6) is 5.75 Å². The first-order chi connectivity index (χ1) is 13.8. The number of aliphatic hydroxyl groups excluding tert-OH is 1. The fourth-order valence-electron chi connectivity index (χ4n) is 4.24. The van der Waals surface area contributed by atoms with E-state index in [1.807, 2.05) is 11.3 Å². The lowest BCUT2D eigenvalue weighted by atomic mass is 9.89. The standard InChI is InChI=1S/C23H30N2O2S/c1-17-21(24-23(28-17)25-13-3-2-4-14-25)12-16-27-22-10-6-8-19-18(11-15-26)7-5-9-20(19)22/h6-8,10,26H,2-5,9,11-16H2,1H3. The molecule has 1 saturated heterocycles. The Morgan fingerprint density at radius 1 is 1.18 bits per heavy atom. The Kier molecular flexibility index (Phi) is 6.33. The third-order valence-corrected chi connectivity index (χ3v) is 6.82. The van der Waals surface area contributed by atoms with Crippen LogP contribution in [0, 0.1) is 6.92 Å². The number of aliphatic hydroxyl groups is 1. The number of fused-ring (bicyclic) bond motifs is 1. The van der Waals surface area contributed by atoms with Crippen molar-refractivity contribution in [2.75, 3.05) is 31.2 Å². The summed E-state index contributed by atoms with van der Waals surface area (Å²) in [6.45, 7) is 5.31. The molecule has 150 valence electrons. The molecule has 1 N–H and O–H groups in total. The first-order valence-corrected chi connectivity index (χ1v) is 11.3. The van der Waals surface area contributed by atoms with Crippen LogP contribution < -0.4 is 9.64 Å². The summed E-state index contributed by atoms with van der Waals surface area (Å²) in [5, 5.41) is 10.5. The summed E-state index contributed by atoms with van der Waals surface area (Å²) in [5.41, 5.74) is 4.96. The molecule has 5 heteroatoms. The summed E-state index contributed by atoms with van der Waals surface area (Å²) in [5.74, 6) is 0.991. The second-order valence-corrected chi connectivity index (χ2v) is 8.85. The molecule has 1 fully saturated rings. The first-order valence-electron chi connectivity index (χ1n) is 10.5. The highest BCUT2D eigenvalue weighted by molar-refractivity contribution is 7.15. The van der Waals surface area contributed by atoms with Gasteiger partial charge in [0.2, 0.25) is 0 Å². The summed E-state index contributed by atoms with van der Waals surface area (Å²) < 4.78 is 6.21. The lowest BCUT2D eigenvalue weighted by Crippen LogP contribution is -2.29. The third kappa shape index (κ3) is 4.26. The van der Waals surface area contributed by atoms with Gasteiger partial charge in [-0.15, -0.1) is 11.3 Å². The Morgan fingerprint density at radius 3 is 2.86 bits per heavy atom. The van der Waals surface area contributed by atoms with Gasteiger partial charge in [-0.05, 0) is 62.7 Å². The van der Waals surface area contributed by atoms with Crippen LogP contribution in [0.1, 0.15) is 53.8 Å². The SMILES string of the molecule is Cc1sc(N2CCCCC2)nc1CCOc1cccc2c1CCC=C2CCO. The molecule has 1 aromatic heterocycles. The van der Waals surface area contributed by atoms with E-state index in [9.17, 15) is 5.11 Å². The largest absolute Gasteiger partial charge is 0.493 e. The predicted molar refractivity (Wildman–Crippen MR) is 117 cm³/mol. The molecular formula is C23H30N2O2S. The van der Waals surface area contributed by atoms with Crippen LogP contribution in [0.15, 0.2) is 24.3 Å². The zero-order valence-electron chi connectivity index (χ0n) is 16.7. The first kappa shape index (κ1) is 19.5. The molecule has 0 saturated carbocycles. The monoisotopic (exact) mass is 398 g/mol. The number of piperidine rings is 1. The van der Waals surface area contributed by atoms with E-state index in [2.05, 4.69) is 36.1 Å². The van der Waals surface area contributed by atoms with Crippen molar-refractivity contribution < 1.29 is 9.84 Å². The van der Waals surface area contributed by atoms with Gasteiger partial charge in [-0.2, -0.15) is 0 Å². The molecular weight excluding hydrogens is 368 g/mol. The van der Waals surface area contributed by atoms with E-state index >= 15 is 0 Å². The van der Waals surface area contributed by atoms with Crippen molar-refractivity contribution in [3.63, 3.8) is 0 Å². The van der Waals surface area contributed by atoms with Crippen molar-refractivity contribution in [2.24, 2.45) is 0 Å². The zero-order chi connectivity index (χ0) is 19.3. The number of allylic oxidation sites excluding steroid dienone is 1. The molecule has 0 radical (unpaired) electrons. The highest BCUT2D eigenvalue weighted by Crippen LogP contribution is 2.34. The van der Waals surface area contributed by atoms with Crippen LogP contribution in [0.4, 0.5) is 5.13 Å². The van der Waals surface area contributed by atoms with Gasteiger partial charge in [-0.3, -0.25) is 0 Å². The fourth-order valence-corrected chi connectivity index (χ4v) is 5.25. The maximum absolute atomic E-state index is 9.32. The number of aryl methyl sites for hydroxylation is 1. The molecule has 0 atom stereocenters. The minimum Gasteiger partial charge on any atom is -0.493 e. The Hall–Kier alpha value is -1.85. The van der Waals surface area contributed by atoms with E-state index < -0.39 is 0 Å². The van der Waals surface area contributed by atoms with Crippen LogP contribution in [-0.2, 0) is 12.8 Å². The second kappa shape index (κ2) is 9.10. The quantitative estimate of drug-likeness (QED) is 0.729. The number of rotatable bonds is 7. The number of ether oxygens (including phenoxy) is 1. The Morgan fingerprint density at radius 2 is 2.04 bits per heavy atom. The number of thiazole rings is 1. The molecule has 2 heterocycles. The van der Waals surface area contributed by atoms with Crippen molar-refractivity contribution in [1.29, 1.82) is 0 Å². The second-order valence-electron chi connectivity index (χ2n) is 7.67. The molecule has 1 aliphatic heterocycles. The number of hydrogen-bond acceptors (Lipinski definition) is 5. The smallest absolute Gasteiger partial charge is 0.185 e. The molecule has 28 heavy (non-hydrogen) atoms. The van der Waals surface area contributed by atoms with Crippen LogP contribution in [0.3, 0.4) is 0 Å². The van der Waals surface area contributed by atoms with Crippen molar-refractivity contribution in [1.82, 2.24) is 4.98 Å². The molecule has 2 aliphatic rings. The van der Waals surface area contributed by atoms with E-state index in [0.717, 1.165) is 38.1 Å². The van der Waals surface area contributed by atoms with E-state index in [4.69, 9.17) is 9.72 Å². The predicted octanol–water partition coefficient (Wildman–Crippen LogP) is 4.78. The van der Waals surface area contributed by atoms with Crippen LogP contribution >= 0.6 is 11.3 Å². The van der Waals surface area contributed by atoms with Crippen LogP contribution in [-0.4, -0.2) is 36.4 Å². The third-order valence-electron chi connectivity index (χ3n) is 5.75. The molecule has 4 nitrogen and oxygen atoms in total. The Bertz CT molecular complexity index is 837. The number of anilines is 1. The lowest BCUT2D eigenvalue weighted by molar-refractivity contribution is 0.304. The van der Waals surface area contributed by atoms with Crippen LogP contribution in [0.2, 0.25) is 0 Å². The number of benzene rings is 1. The lowest BCUT2D eigenvalue weighted by Gasteiger charge is -2.25. The molecule has 0 unspecified atom stereocenters. The minimum absolute atomic E-state index is 0.193. The van der Waals surface area contributed by atoms with E-state index in [1.54, 1.807) is 0 Å². The molecule has 2 aromatic rings. The molecule has 1 aromatic carbocycles. The van der Waals surface area contributed by atoms with Gasteiger partial charge >= 0.3 is 0 Å². The summed E-state index contributed by atoms with van der Waals surface area (Å²) >= 11 is 1.82. The normalized spacial score (nSPS) is 16.6. The van der Waals surface area contributed by atoms with Gasteiger partial charge in [0.1, 0.15) is 5.75 Å². The number of hydrogen-bond donors (Lipinski definition) is 1. The summed E-state index contributed by atoms with van der Waals surface area (Å²) in [6.07, 6.45) is 9.75. The maximum Gasteiger partial charge on any atom is 0.185 e. The van der Waals surface area contributed by atoms with Crippen molar-refractivity contribution in [3.8, 4) is 5.75 Å². The van der Waals surface area contributed by atoms with E-state index in [-0.39, 0.29) is 6.61 Å². The summed E-state index contributed by atoms with van der Waals surface area (Å²) in [7, 11) is 0. The van der Waals surface area contributed by atoms with E-state index in [1.165, 1.54) is 51.7 Å². The van der Waals surface area contributed by atoms with Crippen molar-refractivity contribution in [2.45, 2.75) is 51.9 Å². The van der Waals surface area contributed by atoms with Gasteiger partial charge in [-0.25, -0.2) is 4.98 Å². The van der Waals surface area contributed by atoms with Gasteiger partial charge in [-0.1, -0.05) is 18.2 Å². The average Bonchev–Trinajstić information content (AvgIpc) is 3.10. The summed E-state index contributed by atoms with van der Waals surface area (Å²) in [6, 6.07) is 6.29. The average molecular weight is 399 g/mol. The van der Waals surface area contributed by atoms with Gasteiger partial charge < -0.3 is 14.7 Å². The zero-order valence-corrected chi connectivity index (χ0v) is 17.6. The summed E-state index contributed by atoms with van der Waals surface area (Å²) in [4.78, 5) is 8.67. The molecule has 0 bridgehead atoms. The van der Waals surface area contributed by atoms with Gasteiger partial charge in [0.05, 0.1) is 12.3 Å². The van der Waals surface area contributed by atoms with Gasteiger partial charge in [0.25, 0.3) is 0 Å². The molecule has 0 amide bonds. The highest BCUT2D eigenvalue weighted by Gasteiger charge is 2.18. The Labute approximate surface area is 171 Å². The minimum atomic E-state index is 0.193. The topological polar surface area (TPSA) is 45.6 Å². The fraction of sp³-hybridized carbons (Fsp3) is 0.522. The Balaban J connectivity index is 1.40.